The minimum absolute atomic E-state index is 0.0474. The highest BCUT2D eigenvalue weighted by Gasteiger charge is 2.10. The summed E-state index contributed by atoms with van der Waals surface area (Å²) in [5, 5.41) is 2.88. The first kappa shape index (κ1) is 15.2. The maximum Gasteiger partial charge on any atom is 0.253 e. The maximum atomic E-state index is 12.0. The second kappa shape index (κ2) is 8.25. The highest BCUT2D eigenvalue weighted by Crippen LogP contribution is 2.03. The average Bonchev–Trinajstić information content (AvgIpc) is 2.43. The lowest BCUT2D eigenvalue weighted by Crippen LogP contribution is -2.33. The molecular formula is C14H19N3O2. The fourth-order valence-electron chi connectivity index (χ4n) is 1.46. The number of hydrogen-bond donors (Lipinski definition) is 2. The van der Waals surface area contributed by atoms with Crippen molar-refractivity contribution in [3.05, 3.63) is 29.6 Å². The first-order valence-electron chi connectivity index (χ1n) is 6.11. The molecular weight excluding hydrogens is 242 g/mol. The summed E-state index contributed by atoms with van der Waals surface area (Å²) in [5.74, 6) is 5.42. The number of nitrogens with two attached hydrogens (primary N) is 1. The molecule has 1 aromatic heterocycles. The molecule has 0 fully saturated rings. The van der Waals surface area contributed by atoms with Crippen LogP contribution in [0.4, 0.5) is 0 Å². The topological polar surface area (TPSA) is 77.2 Å². The first-order chi connectivity index (χ1) is 9.17. The largest absolute Gasteiger partial charge is 0.385 e. The van der Waals surface area contributed by atoms with Crippen molar-refractivity contribution in [2.75, 3.05) is 20.3 Å². The molecule has 0 bridgehead atoms. The fraction of sp³-hybridized carbons (Fsp3) is 0.429. The quantitative estimate of drug-likeness (QED) is 0.759. The molecule has 0 aliphatic rings. The van der Waals surface area contributed by atoms with E-state index in [-0.39, 0.29) is 18.5 Å². The highest BCUT2D eigenvalue weighted by molar-refractivity contribution is 5.94. The van der Waals surface area contributed by atoms with Crippen LogP contribution in [-0.4, -0.2) is 37.2 Å². The van der Waals surface area contributed by atoms with Gasteiger partial charge in [0.05, 0.1) is 12.1 Å². The van der Waals surface area contributed by atoms with Gasteiger partial charge in [-0.2, -0.15) is 0 Å². The van der Waals surface area contributed by atoms with Crippen molar-refractivity contribution in [3.8, 4) is 11.8 Å². The number of nitrogens with one attached hydrogen (secondary N) is 1. The number of pyridine rings is 1. The minimum Gasteiger partial charge on any atom is -0.385 e. The Bertz CT molecular complexity index is 477. The van der Waals surface area contributed by atoms with Crippen LogP contribution in [0.5, 0.6) is 0 Å². The molecule has 1 rings (SSSR count). The van der Waals surface area contributed by atoms with Crippen molar-refractivity contribution in [3.63, 3.8) is 0 Å². The van der Waals surface area contributed by atoms with E-state index in [9.17, 15) is 4.79 Å². The third kappa shape index (κ3) is 5.51. The number of ether oxygens (including phenoxy) is 1. The van der Waals surface area contributed by atoms with Crippen molar-refractivity contribution in [1.82, 2.24) is 10.3 Å². The Hall–Kier alpha value is -1.90. The number of carbonyl (C=O) groups is 1. The molecule has 1 heterocycles. The molecule has 1 amide bonds. The van der Waals surface area contributed by atoms with Crippen LogP contribution in [0.15, 0.2) is 18.5 Å². The van der Waals surface area contributed by atoms with E-state index in [0.29, 0.717) is 17.7 Å². The van der Waals surface area contributed by atoms with Crippen LogP contribution in [-0.2, 0) is 4.74 Å². The molecule has 1 aromatic rings. The van der Waals surface area contributed by atoms with Crippen LogP contribution < -0.4 is 11.1 Å². The molecule has 1 atom stereocenters. The number of rotatable bonds is 5. The second-order valence-corrected chi connectivity index (χ2v) is 4.12. The van der Waals surface area contributed by atoms with Gasteiger partial charge in [0, 0.05) is 37.7 Å². The zero-order valence-corrected chi connectivity index (χ0v) is 11.3. The third-order valence-corrected chi connectivity index (χ3v) is 2.47. The van der Waals surface area contributed by atoms with Crippen molar-refractivity contribution in [1.29, 1.82) is 0 Å². The monoisotopic (exact) mass is 261 g/mol. The number of carbonyl (C=O) groups excluding carboxylic acids is 1. The minimum atomic E-state index is -0.160. The molecule has 19 heavy (non-hydrogen) atoms. The van der Waals surface area contributed by atoms with E-state index in [2.05, 4.69) is 22.1 Å². The number of methoxy groups -OCH3 is 1. The first-order valence-corrected chi connectivity index (χ1v) is 6.11. The molecule has 0 radical (unpaired) electrons. The standard InChI is InChI=1S/C14H19N3O2/c1-11(5-7-19-2)17-14(18)13-8-12(4-3-6-15)9-16-10-13/h8-11H,5-7,15H2,1-2H3,(H,17,18). The summed E-state index contributed by atoms with van der Waals surface area (Å²) in [6.07, 6.45) is 3.89. The Morgan fingerprint density at radius 2 is 2.37 bits per heavy atom. The molecule has 5 heteroatoms. The van der Waals surface area contributed by atoms with Gasteiger partial charge in [0.2, 0.25) is 0 Å². The molecule has 0 aliphatic carbocycles. The van der Waals surface area contributed by atoms with E-state index in [1.165, 1.54) is 6.20 Å². The van der Waals surface area contributed by atoms with Crippen LogP contribution in [0.1, 0.15) is 29.3 Å². The van der Waals surface area contributed by atoms with E-state index in [1.54, 1.807) is 19.4 Å². The molecule has 0 saturated heterocycles. The summed E-state index contributed by atoms with van der Waals surface area (Å²) in [5.41, 5.74) is 6.48. The Morgan fingerprint density at radius 1 is 1.58 bits per heavy atom. The average molecular weight is 261 g/mol. The number of aromatic nitrogens is 1. The van der Waals surface area contributed by atoms with Gasteiger partial charge in [0.1, 0.15) is 0 Å². The van der Waals surface area contributed by atoms with Gasteiger partial charge in [0.15, 0.2) is 0 Å². The predicted octanol–water partition coefficient (Wildman–Crippen LogP) is 0.547. The van der Waals surface area contributed by atoms with Crippen LogP contribution in [0.2, 0.25) is 0 Å². The summed E-state index contributed by atoms with van der Waals surface area (Å²) in [7, 11) is 1.64. The maximum absolute atomic E-state index is 12.0. The summed E-state index contributed by atoms with van der Waals surface area (Å²) >= 11 is 0. The zero-order chi connectivity index (χ0) is 14.1. The van der Waals surface area contributed by atoms with Gasteiger partial charge < -0.3 is 15.8 Å². The van der Waals surface area contributed by atoms with Crippen molar-refractivity contribution < 1.29 is 9.53 Å². The van der Waals surface area contributed by atoms with Gasteiger partial charge in [-0.25, -0.2) is 0 Å². The van der Waals surface area contributed by atoms with Crippen molar-refractivity contribution in [2.45, 2.75) is 19.4 Å². The molecule has 5 nitrogen and oxygen atoms in total. The van der Waals surface area contributed by atoms with Crippen molar-refractivity contribution in [2.24, 2.45) is 5.73 Å². The van der Waals surface area contributed by atoms with Gasteiger partial charge in [-0.05, 0) is 19.4 Å². The molecule has 0 aromatic carbocycles. The Labute approximate surface area is 113 Å². The molecule has 0 saturated carbocycles. The van der Waals surface area contributed by atoms with Crippen LogP contribution in [0.25, 0.3) is 0 Å². The molecule has 0 aliphatic heterocycles. The van der Waals surface area contributed by atoms with E-state index >= 15 is 0 Å². The lowest BCUT2D eigenvalue weighted by Gasteiger charge is -2.13. The molecule has 3 N–H and O–H groups in total. The van der Waals surface area contributed by atoms with Gasteiger partial charge in [-0.3, -0.25) is 9.78 Å². The second-order valence-electron chi connectivity index (χ2n) is 4.12. The van der Waals surface area contributed by atoms with Gasteiger partial charge in [-0.15, -0.1) is 0 Å². The smallest absolute Gasteiger partial charge is 0.253 e. The number of nitrogens with zero attached hydrogens (tertiary/aromatic N) is 1. The summed E-state index contributed by atoms with van der Waals surface area (Å²) in [6.45, 7) is 2.83. The SMILES string of the molecule is COCCC(C)NC(=O)c1cncc(C#CCN)c1. The summed E-state index contributed by atoms with van der Waals surface area (Å²) < 4.78 is 4.97. The van der Waals surface area contributed by atoms with E-state index in [4.69, 9.17) is 10.5 Å². The lowest BCUT2D eigenvalue weighted by molar-refractivity contribution is 0.0929. The van der Waals surface area contributed by atoms with Gasteiger partial charge in [0.25, 0.3) is 5.91 Å². The zero-order valence-electron chi connectivity index (χ0n) is 11.3. The van der Waals surface area contributed by atoms with Crippen molar-refractivity contribution >= 4 is 5.91 Å². The van der Waals surface area contributed by atoms with Gasteiger partial charge in [-0.1, -0.05) is 11.8 Å². The number of amides is 1. The highest BCUT2D eigenvalue weighted by atomic mass is 16.5. The van der Waals surface area contributed by atoms with E-state index < -0.39 is 0 Å². The predicted molar refractivity (Wildman–Crippen MR) is 73.6 cm³/mol. The number of hydrogen-bond acceptors (Lipinski definition) is 4. The normalized spacial score (nSPS) is 11.3. The third-order valence-electron chi connectivity index (χ3n) is 2.47. The molecule has 102 valence electrons. The molecule has 1 unspecified atom stereocenters. The van der Waals surface area contributed by atoms with Crippen LogP contribution >= 0.6 is 0 Å². The van der Waals surface area contributed by atoms with Gasteiger partial charge >= 0.3 is 0 Å². The van der Waals surface area contributed by atoms with E-state index in [0.717, 1.165) is 6.42 Å². The summed E-state index contributed by atoms with van der Waals surface area (Å²) in [4.78, 5) is 16.0. The Balaban J connectivity index is 2.66. The van der Waals surface area contributed by atoms with E-state index in [1.807, 2.05) is 6.92 Å². The fourth-order valence-corrected chi connectivity index (χ4v) is 1.46. The van der Waals surface area contributed by atoms with Crippen LogP contribution in [0.3, 0.4) is 0 Å². The molecule has 0 spiro atoms. The Morgan fingerprint density at radius 3 is 3.05 bits per heavy atom. The van der Waals surface area contributed by atoms with Crippen LogP contribution in [0, 0.1) is 11.8 Å². The summed E-state index contributed by atoms with van der Waals surface area (Å²) in [6, 6.07) is 1.75. The lowest BCUT2D eigenvalue weighted by atomic mass is 10.1. The Kier molecular flexibility index (Phi) is 6.58.